The quantitative estimate of drug-likeness (QED) is 0.690. The van der Waals surface area contributed by atoms with Crippen molar-refractivity contribution in [2.45, 2.75) is 51.4 Å². The molecule has 3 rings (SSSR count). The monoisotopic (exact) mass is 332 g/mol. The average molecular weight is 332 g/mol. The molecule has 0 unspecified atom stereocenters. The Balaban J connectivity index is 1.57. The van der Waals surface area contributed by atoms with Gasteiger partial charge in [0.25, 0.3) is 5.91 Å². The van der Waals surface area contributed by atoms with E-state index in [2.05, 4.69) is 32.3 Å². The topological polar surface area (TPSA) is 111 Å². The van der Waals surface area contributed by atoms with Crippen LogP contribution < -0.4 is 16.4 Å². The Bertz CT molecular complexity index is 701. The second-order valence-corrected chi connectivity index (χ2v) is 6.10. The minimum atomic E-state index is -0.227. The molecule has 2 aromatic rings. The van der Waals surface area contributed by atoms with E-state index < -0.39 is 0 Å². The molecular formula is C16H24N6O2. The zero-order chi connectivity index (χ0) is 17.1. The standard InChI is InChI=1S/C16H24N6O2/c1-3-22-14(20-21-15(22)10-6-11(17)7-10)9-19-8-12-4-5-13(24-12)16(23)18-2/h4-5,10-11,19H,3,6-9,17H2,1-2H3,(H,18,23). The van der Waals surface area contributed by atoms with Crippen LogP contribution in [0.3, 0.4) is 0 Å². The number of nitrogens with one attached hydrogen (secondary N) is 2. The fourth-order valence-electron chi connectivity index (χ4n) is 3.01. The molecule has 0 spiro atoms. The first-order chi connectivity index (χ1) is 11.6. The summed E-state index contributed by atoms with van der Waals surface area (Å²) in [6.45, 7) is 4.05. The van der Waals surface area contributed by atoms with Crippen LogP contribution >= 0.6 is 0 Å². The summed E-state index contributed by atoms with van der Waals surface area (Å²) in [7, 11) is 1.58. The van der Waals surface area contributed by atoms with Crippen LogP contribution in [-0.2, 0) is 19.6 Å². The highest BCUT2D eigenvalue weighted by atomic mass is 16.4. The van der Waals surface area contributed by atoms with Gasteiger partial charge in [-0.25, -0.2) is 0 Å². The highest BCUT2D eigenvalue weighted by Gasteiger charge is 2.31. The molecule has 2 heterocycles. The van der Waals surface area contributed by atoms with Gasteiger partial charge in [0, 0.05) is 25.6 Å². The second kappa shape index (κ2) is 7.14. The molecule has 0 bridgehead atoms. The minimum Gasteiger partial charge on any atom is -0.455 e. The molecule has 0 saturated heterocycles. The van der Waals surface area contributed by atoms with Gasteiger partial charge in [0.05, 0.1) is 13.1 Å². The first-order valence-electron chi connectivity index (χ1n) is 8.31. The smallest absolute Gasteiger partial charge is 0.286 e. The molecule has 4 N–H and O–H groups in total. The summed E-state index contributed by atoms with van der Waals surface area (Å²) in [4.78, 5) is 11.5. The van der Waals surface area contributed by atoms with Gasteiger partial charge >= 0.3 is 0 Å². The van der Waals surface area contributed by atoms with E-state index >= 15 is 0 Å². The molecule has 0 atom stereocenters. The Hall–Kier alpha value is -2.19. The van der Waals surface area contributed by atoms with Gasteiger partial charge in [-0.3, -0.25) is 4.79 Å². The molecule has 1 aliphatic rings. The van der Waals surface area contributed by atoms with Gasteiger partial charge in [-0.1, -0.05) is 0 Å². The Kier molecular flexibility index (Phi) is 4.96. The highest BCUT2D eigenvalue weighted by molar-refractivity contribution is 5.91. The number of carbonyl (C=O) groups excluding carboxylic acids is 1. The number of furan rings is 1. The maximum Gasteiger partial charge on any atom is 0.286 e. The number of amides is 1. The van der Waals surface area contributed by atoms with Crippen LogP contribution in [-0.4, -0.2) is 33.8 Å². The Labute approximate surface area is 140 Å². The van der Waals surface area contributed by atoms with Crippen molar-refractivity contribution >= 4 is 5.91 Å². The van der Waals surface area contributed by atoms with Crippen LogP contribution in [0.25, 0.3) is 0 Å². The lowest BCUT2D eigenvalue weighted by Crippen LogP contribution is -2.36. The molecule has 0 aliphatic heterocycles. The lowest BCUT2D eigenvalue weighted by atomic mass is 9.80. The Morgan fingerprint density at radius 1 is 1.38 bits per heavy atom. The zero-order valence-electron chi connectivity index (χ0n) is 14.1. The summed E-state index contributed by atoms with van der Waals surface area (Å²) in [5, 5.41) is 14.5. The molecule has 2 aromatic heterocycles. The summed E-state index contributed by atoms with van der Waals surface area (Å²) < 4.78 is 7.64. The van der Waals surface area contributed by atoms with E-state index in [0.29, 0.717) is 36.6 Å². The summed E-state index contributed by atoms with van der Waals surface area (Å²) >= 11 is 0. The van der Waals surface area contributed by atoms with Gasteiger partial charge in [-0.2, -0.15) is 0 Å². The molecule has 130 valence electrons. The van der Waals surface area contributed by atoms with Crippen LogP contribution in [0.4, 0.5) is 0 Å². The molecule has 1 saturated carbocycles. The lowest BCUT2D eigenvalue weighted by molar-refractivity contribution is 0.0933. The summed E-state index contributed by atoms with van der Waals surface area (Å²) in [6, 6.07) is 3.76. The van der Waals surface area contributed by atoms with E-state index in [0.717, 1.165) is 31.0 Å². The number of nitrogens with two attached hydrogens (primary N) is 1. The molecular weight excluding hydrogens is 308 g/mol. The van der Waals surface area contributed by atoms with E-state index in [1.807, 2.05) is 0 Å². The fraction of sp³-hybridized carbons (Fsp3) is 0.562. The summed E-state index contributed by atoms with van der Waals surface area (Å²) in [5.74, 6) is 3.18. The first kappa shape index (κ1) is 16.7. The van der Waals surface area contributed by atoms with Crippen LogP contribution in [0.15, 0.2) is 16.5 Å². The van der Waals surface area contributed by atoms with Crippen molar-refractivity contribution in [2.75, 3.05) is 7.05 Å². The normalized spacial score (nSPS) is 20.0. The highest BCUT2D eigenvalue weighted by Crippen LogP contribution is 2.34. The number of aromatic nitrogens is 3. The molecule has 8 heteroatoms. The minimum absolute atomic E-state index is 0.227. The van der Waals surface area contributed by atoms with E-state index in [1.54, 1.807) is 19.2 Å². The van der Waals surface area contributed by atoms with Crippen LogP contribution in [0.1, 0.15) is 53.6 Å². The molecule has 1 aliphatic carbocycles. The van der Waals surface area contributed by atoms with Crippen molar-refractivity contribution in [2.24, 2.45) is 5.73 Å². The summed E-state index contributed by atoms with van der Waals surface area (Å²) in [5.41, 5.74) is 5.87. The maximum atomic E-state index is 11.5. The van der Waals surface area contributed by atoms with E-state index in [4.69, 9.17) is 10.2 Å². The largest absolute Gasteiger partial charge is 0.455 e. The third-order valence-electron chi connectivity index (χ3n) is 4.41. The molecule has 1 fully saturated rings. The van der Waals surface area contributed by atoms with Crippen molar-refractivity contribution < 1.29 is 9.21 Å². The van der Waals surface area contributed by atoms with Crippen LogP contribution in [0.5, 0.6) is 0 Å². The van der Waals surface area contributed by atoms with Crippen molar-refractivity contribution in [1.29, 1.82) is 0 Å². The number of carbonyl (C=O) groups is 1. The van der Waals surface area contributed by atoms with Gasteiger partial charge in [-0.15, -0.1) is 10.2 Å². The predicted octanol–water partition coefficient (Wildman–Crippen LogP) is 0.745. The van der Waals surface area contributed by atoms with Crippen LogP contribution in [0.2, 0.25) is 0 Å². The summed E-state index contributed by atoms with van der Waals surface area (Å²) in [6.07, 6.45) is 1.97. The number of rotatable bonds is 7. The number of nitrogens with zero attached hydrogens (tertiary/aromatic N) is 3. The van der Waals surface area contributed by atoms with E-state index in [-0.39, 0.29) is 5.91 Å². The van der Waals surface area contributed by atoms with Crippen LogP contribution in [0, 0.1) is 0 Å². The fourth-order valence-corrected chi connectivity index (χ4v) is 3.01. The molecule has 24 heavy (non-hydrogen) atoms. The van der Waals surface area contributed by atoms with Gasteiger partial charge < -0.3 is 25.4 Å². The Morgan fingerprint density at radius 2 is 2.17 bits per heavy atom. The molecule has 0 aromatic carbocycles. The van der Waals surface area contributed by atoms with Gasteiger partial charge in [0.2, 0.25) is 0 Å². The van der Waals surface area contributed by atoms with Gasteiger partial charge in [-0.05, 0) is 31.9 Å². The molecule has 0 radical (unpaired) electrons. The average Bonchev–Trinajstić information content (AvgIpc) is 3.18. The first-order valence-corrected chi connectivity index (χ1v) is 8.31. The van der Waals surface area contributed by atoms with Gasteiger partial charge in [0.1, 0.15) is 17.4 Å². The molecule has 1 amide bonds. The molecule has 8 nitrogen and oxygen atoms in total. The van der Waals surface area contributed by atoms with Crippen molar-refractivity contribution in [3.8, 4) is 0 Å². The lowest BCUT2D eigenvalue weighted by Gasteiger charge is -2.31. The third kappa shape index (κ3) is 3.34. The third-order valence-corrected chi connectivity index (χ3v) is 4.41. The van der Waals surface area contributed by atoms with Gasteiger partial charge in [0.15, 0.2) is 5.76 Å². The van der Waals surface area contributed by atoms with E-state index in [1.165, 1.54) is 0 Å². The maximum absolute atomic E-state index is 11.5. The van der Waals surface area contributed by atoms with E-state index in [9.17, 15) is 4.79 Å². The van der Waals surface area contributed by atoms with Crippen molar-refractivity contribution in [1.82, 2.24) is 25.4 Å². The Morgan fingerprint density at radius 3 is 2.83 bits per heavy atom. The zero-order valence-corrected chi connectivity index (χ0v) is 14.1. The number of hydrogen-bond acceptors (Lipinski definition) is 6. The van der Waals surface area contributed by atoms with Crippen molar-refractivity contribution in [3.05, 3.63) is 35.3 Å². The van der Waals surface area contributed by atoms with Crippen molar-refractivity contribution in [3.63, 3.8) is 0 Å². The SMILES string of the molecule is CCn1c(CNCc2ccc(C(=O)NC)o2)nnc1C1CC(N)C1. The number of hydrogen-bond donors (Lipinski definition) is 3. The predicted molar refractivity (Wildman–Crippen MR) is 88.3 cm³/mol. The second-order valence-electron chi connectivity index (χ2n) is 6.10.